The molecule has 0 bridgehead atoms. The van der Waals surface area contributed by atoms with Crippen LogP contribution in [0.25, 0.3) is 11.4 Å². The molecular formula is C56H74N8O13. The van der Waals surface area contributed by atoms with Crippen LogP contribution in [0.5, 0.6) is 34.5 Å². The van der Waals surface area contributed by atoms with Gasteiger partial charge < -0.3 is 62.7 Å². The first kappa shape index (κ1) is 59.0. The molecule has 0 radical (unpaired) electrons. The molecule has 4 aromatic carbocycles. The molecule has 6 rings (SSSR count). The lowest BCUT2D eigenvalue weighted by Crippen LogP contribution is -2.18. The average molecular weight is 1070 g/mol. The lowest BCUT2D eigenvalue weighted by molar-refractivity contribution is -0.0141. The Balaban J connectivity index is 0.834. The quantitative estimate of drug-likeness (QED) is 0.0406. The summed E-state index contributed by atoms with van der Waals surface area (Å²) in [5.74, 6) is 2.41. The Morgan fingerprint density at radius 2 is 0.766 bits per heavy atom. The summed E-state index contributed by atoms with van der Waals surface area (Å²) in [5.41, 5.74) is 5.17. The fraction of sp³-hybridized carbons (Fsp3) is 0.464. The Morgan fingerprint density at radius 1 is 0.442 bits per heavy atom. The van der Waals surface area contributed by atoms with Gasteiger partial charge >= 0.3 is 0 Å². The van der Waals surface area contributed by atoms with Crippen LogP contribution in [-0.2, 0) is 34.5 Å². The number of nitrogens with zero attached hydrogens (tertiary/aromatic N) is 6. The topological polar surface area (TPSA) is 221 Å². The molecule has 0 saturated carbocycles. The van der Waals surface area contributed by atoms with Gasteiger partial charge in [-0.05, 0) is 84.3 Å². The van der Waals surface area contributed by atoms with E-state index < -0.39 is 11.8 Å². The number of carbonyl (C=O) groups excluding carboxylic acids is 2. The van der Waals surface area contributed by atoms with Gasteiger partial charge in [-0.3, -0.25) is 9.59 Å². The monoisotopic (exact) mass is 1070 g/mol. The lowest BCUT2D eigenvalue weighted by atomic mass is 9.87. The molecule has 21 nitrogen and oxygen atoms in total. The predicted octanol–water partition coefficient (Wildman–Crippen LogP) is 8.14. The largest absolute Gasteiger partial charge is 0.497 e. The van der Waals surface area contributed by atoms with Crippen molar-refractivity contribution >= 4 is 23.2 Å². The smallest absolute Gasteiger partial charge is 0.278 e. The van der Waals surface area contributed by atoms with Crippen LogP contribution in [0.3, 0.4) is 0 Å². The van der Waals surface area contributed by atoms with Crippen molar-refractivity contribution < 1.29 is 61.7 Å². The van der Waals surface area contributed by atoms with Crippen molar-refractivity contribution in [3.8, 4) is 45.9 Å². The van der Waals surface area contributed by atoms with Crippen LogP contribution < -0.4 is 39.1 Å². The molecule has 0 aliphatic heterocycles. The highest BCUT2D eigenvalue weighted by Crippen LogP contribution is 2.35. The van der Waals surface area contributed by atoms with E-state index in [0.29, 0.717) is 135 Å². The molecule has 416 valence electrons. The van der Waals surface area contributed by atoms with Gasteiger partial charge in [0.1, 0.15) is 59.1 Å². The molecule has 0 unspecified atom stereocenters. The Labute approximate surface area is 450 Å². The van der Waals surface area contributed by atoms with Crippen LogP contribution in [0.4, 0.5) is 11.4 Å². The molecule has 2 aromatic heterocycles. The minimum absolute atomic E-state index is 0.148. The van der Waals surface area contributed by atoms with Crippen LogP contribution in [-0.4, -0.2) is 150 Å². The summed E-state index contributed by atoms with van der Waals surface area (Å²) in [5, 5.41) is 22.9. The maximum Gasteiger partial charge on any atom is 0.278 e. The van der Waals surface area contributed by atoms with Gasteiger partial charge in [-0.2, -0.15) is 0 Å². The molecular weight excluding hydrogens is 993 g/mol. The first-order valence-electron chi connectivity index (χ1n) is 25.3. The van der Waals surface area contributed by atoms with E-state index in [1.54, 1.807) is 88.0 Å². The highest BCUT2D eigenvalue weighted by Gasteiger charge is 2.25. The van der Waals surface area contributed by atoms with Gasteiger partial charge in [0.15, 0.2) is 11.4 Å². The van der Waals surface area contributed by atoms with E-state index >= 15 is 0 Å². The number of ether oxygens (including phenoxy) is 11. The molecule has 21 heteroatoms. The zero-order valence-electron chi connectivity index (χ0n) is 46.4. The first-order valence-corrected chi connectivity index (χ1v) is 25.3. The number of amides is 2. The van der Waals surface area contributed by atoms with Gasteiger partial charge in [0.25, 0.3) is 11.8 Å². The summed E-state index contributed by atoms with van der Waals surface area (Å²) in [4.78, 5) is 27.3. The van der Waals surface area contributed by atoms with Crippen molar-refractivity contribution in [3.63, 3.8) is 0 Å². The predicted molar refractivity (Wildman–Crippen MR) is 290 cm³/mol. The summed E-state index contributed by atoms with van der Waals surface area (Å²) in [6.45, 7) is 20.3. The minimum atomic E-state index is -0.440. The number of nitrogens with one attached hydrogen (secondary N) is 2. The number of methoxy groups -OCH3 is 4. The third kappa shape index (κ3) is 16.4. The molecule has 0 fully saturated rings. The number of rotatable bonds is 30. The van der Waals surface area contributed by atoms with Gasteiger partial charge in [-0.15, -0.1) is 10.2 Å². The second-order valence-electron chi connectivity index (χ2n) is 19.5. The summed E-state index contributed by atoms with van der Waals surface area (Å²) < 4.78 is 65.5. The molecule has 0 atom stereocenters. The Kier molecular flexibility index (Phi) is 21.6. The van der Waals surface area contributed by atoms with E-state index in [9.17, 15) is 9.59 Å². The molecule has 0 spiro atoms. The van der Waals surface area contributed by atoms with E-state index in [1.807, 2.05) is 36.4 Å². The summed E-state index contributed by atoms with van der Waals surface area (Å²) in [7, 11) is 6.26. The molecule has 6 aromatic rings. The number of aromatic nitrogens is 6. The van der Waals surface area contributed by atoms with Crippen molar-refractivity contribution in [3.05, 3.63) is 107 Å². The highest BCUT2D eigenvalue weighted by molar-refractivity contribution is 6.05. The van der Waals surface area contributed by atoms with Crippen LogP contribution in [0, 0.1) is 13.8 Å². The molecule has 0 aliphatic carbocycles. The van der Waals surface area contributed by atoms with Crippen molar-refractivity contribution in [2.45, 2.75) is 66.2 Å². The van der Waals surface area contributed by atoms with Gasteiger partial charge in [0.05, 0.1) is 117 Å². The molecule has 2 N–H and O–H groups in total. The molecule has 2 heterocycles. The van der Waals surface area contributed by atoms with Gasteiger partial charge in [-0.1, -0.05) is 64.1 Å². The summed E-state index contributed by atoms with van der Waals surface area (Å²) in [6, 6.07) is 22.1. The zero-order chi connectivity index (χ0) is 55.5. The Hall–Kier alpha value is -7.30. The summed E-state index contributed by atoms with van der Waals surface area (Å²) >= 11 is 0. The van der Waals surface area contributed by atoms with Crippen molar-refractivity contribution in [1.82, 2.24) is 30.0 Å². The molecule has 0 saturated heterocycles. The second-order valence-corrected chi connectivity index (χ2v) is 19.5. The van der Waals surface area contributed by atoms with E-state index in [-0.39, 0.29) is 35.4 Å². The number of carbonyl (C=O) groups is 2. The Bertz CT molecular complexity index is 2680. The summed E-state index contributed by atoms with van der Waals surface area (Å²) in [6.07, 6.45) is 0. The molecule has 77 heavy (non-hydrogen) atoms. The van der Waals surface area contributed by atoms with E-state index in [2.05, 4.69) is 72.8 Å². The van der Waals surface area contributed by atoms with Gasteiger partial charge in [0, 0.05) is 12.1 Å². The Morgan fingerprint density at radius 3 is 1.08 bits per heavy atom. The molecule has 2 amide bonds. The maximum atomic E-state index is 13.7. The third-order valence-corrected chi connectivity index (χ3v) is 12.1. The highest BCUT2D eigenvalue weighted by atomic mass is 16.6. The van der Waals surface area contributed by atoms with E-state index in [1.165, 1.54) is 0 Å². The fourth-order valence-electron chi connectivity index (χ4n) is 7.67. The van der Waals surface area contributed by atoms with E-state index in [0.717, 1.165) is 11.1 Å². The lowest BCUT2D eigenvalue weighted by Gasteiger charge is -2.21. The van der Waals surface area contributed by atoms with Crippen LogP contribution >= 0.6 is 0 Å². The minimum Gasteiger partial charge on any atom is -0.497 e. The van der Waals surface area contributed by atoms with Gasteiger partial charge in [0.2, 0.25) is 0 Å². The number of hydrogen-bond donors (Lipinski definition) is 2. The SMILES string of the molecule is COc1ccc(OC)c(-n2nnc(C(=O)Nc3cc(C(C)(C)C)ccc3OCCOCCOCCOCCOCCOCCOc3ccc(C(C)(C)C)cc3NC(=O)c3nnn(-c4cc(OC)ccc4OC)c3C)c2C)c1. The number of hydrogen-bond acceptors (Lipinski definition) is 17. The standard InChI is InChI=1S/C56H74N8O13/c1-37-51(59-61-63(37)45-35-41(67-9)15-19-49(45)69-11)53(65)57-43-33-39(55(3,4)5)13-17-47(43)76-31-29-74-27-25-72-23-21-71-22-24-73-26-28-75-30-32-77-48-18-14-40(56(6,7)8)34-44(48)58-54(66)52-38(2)64(62-60-52)46-36-42(68-10)16-20-50(46)70-12/h13-20,33-36H,21-32H2,1-12H3,(H,57,65)(H,58,66). The number of anilines is 2. The third-order valence-electron chi connectivity index (χ3n) is 12.1. The van der Waals surface area contributed by atoms with Crippen LogP contribution in [0.15, 0.2) is 72.8 Å². The average Bonchev–Trinajstić information content (AvgIpc) is 4.00. The second kappa shape index (κ2) is 28.2. The zero-order valence-corrected chi connectivity index (χ0v) is 46.4. The van der Waals surface area contributed by atoms with Crippen LogP contribution in [0.1, 0.15) is 85.0 Å². The molecule has 0 aliphatic rings. The normalized spacial score (nSPS) is 11.6. The fourth-order valence-corrected chi connectivity index (χ4v) is 7.67. The van der Waals surface area contributed by atoms with Crippen molar-refractivity contribution in [1.29, 1.82) is 0 Å². The number of benzene rings is 4. The van der Waals surface area contributed by atoms with Crippen molar-refractivity contribution in [2.24, 2.45) is 0 Å². The van der Waals surface area contributed by atoms with E-state index in [4.69, 9.17) is 52.1 Å². The van der Waals surface area contributed by atoms with Gasteiger partial charge in [-0.25, -0.2) is 9.36 Å². The first-order chi connectivity index (χ1) is 37.0. The van der Waals surface area contributed by atoms with Crippen molar-refractivity contribution in [2.75, 3.05) is 118 Å². The van der Waals surface area contributed by atoms with Crippen LogP contribution in [0.2, 0.25) is 0 Å². The maximum absolute atomic E-state index is 13.7.